The normalized spacial score (nSPS) is 30.6. The monoisotopic (exact) mass is 317 g/mol. The summed E-state index contributed by atoms with van der Waals surface area (Å²) in [5.41, 5.74) is -0.239. The summed E-state index contributed by atoms with van der Waals surface area (Å²) in [5, 5.41) is 0. The number of ether oxygens (including phenoxy) is 2. The molecule has 0 radical (unpaired) electrons. The first kappa shape index (κ1) is 14.9. The van der Waals surface area contributed by atoms with E-state index >= 15 is 0 Å². The first-order chi connectivity index (χ1) is 11.2. The van der Waals surface area contributed by atoms with Gasteiger partial charge in [-0.1, -0.05) is 0 Å². The van der Waals surface area contributed by atoms with Crippen LogP contribution in [-0.2, 0) is 9.53 Å². The highest BCUT2D eigenvalue weighted by Gasteiger charge is 2.45. The van der Waals surface area contributed by atoms with Gasteiger partial charge in [-0.2, -0.15) is 0 Å². The van der Waals surface area contributed by atoms with E-state index in [1.165, 1.54) is 12.8 Å². The van der Waals surface area contributed by atoms with Crippen molar-refractivity contribution < 1.29 is 14.3 Å². The molecule has 2 aliphatic heterocycles. The highest BCUT2D eigenvalue weighted by atomic mass is 16.6. The molecule has 1 spiro atoms. The largest absolute Gasteiger partial charge is 0.458 e. The summed E-state index contributed by atoms with van der Waals surface area (Å²) >= 11 is 0. The summed E-state index contributed by atoms with van der Waals surface area (Å²) < 4.78 is 11.9. The van der Waals surface area contributed by atoms with Crippen molar-refractivity contribution in [3.63, 3.8) is 0 Å². The molecule has 1 aromatic heterocycles. The van der Waals surface area contributed by atoms with E-state index in [1.54, 1.807) is 18.5 Å². The van der Waals surface area contributed by atoms with Gasteiger partial charge in [0.05, 0.1) is 12.2 Å². The Hall–Kier alpha value is -1.69. The Morgan fingerprint density at radius 1 is 1.39 bits per heavy atom. The third-order valence-corrected chi connectivity index (χ3v) is 5.04. The maximum Gasteiger partial charge on any atom is 0.316 e. The first-order valence-electron chi connectivity index (χ1n) is 8.58. The topological polar surface area (TPSA) is 64.6 Å². The predicted octanol–water partition coefficient (Wildman–Crippen LogP) is 1.81. The Kier molecular flexibility index (Phi) is 3.93. The summed E-state index contributed by atoms with van der Waals surface area (Å²) in [6, 6.07) is 2.17. The molecule has 1 aliphatic carbocycles. The zero-order chi connectivity index (χ0) is 15.7. The smallest absolute Gasteiger partial charge is 0.316 e. The van der Waals surface area contributed by atoms with Crippen molar-refractivity contribution in [3.8, 4) is 6.01 Å². The summed E-state index contributed by atoms with van der Waals surface area (Å²) in [6.45, 7) is 2.11. The van der Waals surface area contributed by atoms with Crippen molar-refractivity contribution in [3.05, 3.63) is 18.5 Å². The van der Waals surface area contributed by atoms with E-state index in [2.05, 4.69) is 9.97 Å². The van der Waals surface area contributed by atoms with Crippen molar-refractivity contribution >= 4 is 5.91 Å². The summed E-state index contributed by atoms with van der Waals surface area (Å²) in [7, 11) is 0. The average molecular weight is 317 g/mol. The molecular formula is C17H23N3O3. The SMILES string of the molecule is O=C(CC1CC1)N1CCCC2(CC(Oc3ncccn3)CO2)C1. The van der Waals surface area contributed by atoms with Crippen molar-refractivity contribution in [2.45, 2.75) is 50.2 Å². The Morgan fingerprint density at radius 3 is 3.00 bits per heavy atom. The number of aromatic nitrogens is 2. The van der Waals surface area contributed by atoms with Crippen LogP contribution < -0.4 is 4.74 Å². The number of piperidine rings is 1. The molecule has 1 saturated carbocycles. The lowest BCUT2D eigenvalue weighted by Crippen LogP contribution is -2.50. The van der Waals surface area contributed by atoms with Crippen LogP contribution in [0.25, 0.3) is 0 Å². The number of rotatable bonds is 4. The van der Waals surface area contributed by atoms with E-state index in [9.17, 15) is 4.79 Å². The van der Waals surface area contributed by atoms with Crippen LogP contribution in [0, 0.1) is 5.92 Å². The number of amides is 1. The summed E-state index contributed by atoms with van der Waals surface area (Å²) in [6.07, 6.45) is 9.27. The van der Waals surface area contributed by atoms with Crippen LogP contribution in [0.1, 0.15) is 38.5 Å². The van der Waals surface area contributed by atoms with E-state index in [0.717, 1.165) is 25.8 Å². The Balaban J connectivity index is 1.35. The highest BCUT2D eigenvalue weighted by Crippen LogP contribution is 2.37. The molecule has 6 nitrogen and oxygen atoms in total. The lowest BCUT2D eigenvalue weighted by atomic mass is 9.89. The van der Waals surface area contributed by atoms with Crippen LogP contribution in [-0.4, -0.2) is 52.2 Å². The Bertz CT molecular complexity index is 563. The second-order valence-corrected chi connectivity index (χ2v) is 7.04. The molecule has 3 heterocycles. The number of hydrogen-bond donors (Lipinski definition) is 0. The standard InChI is InChI=1S/C17H23N3O3/c21-15(9-13-3-4-13)20-8-1-5-17(12-20)10-14(11-22-17)23-16-18-6-2-7-19-16/h2,6-7,13-14H,1,3-5,8-12H2. The maximum atomic E-state index is 12.4. The first-order valence-corrected chi connectivity index (χ1v) is 8.58. The molecule has 23 heavy (non-hydrogen) atoms. The Morgan fingerprint density at radius 2 is 2.22 bits per heavy atom. The fraction of sp³-hybridized carbons (Fsp3) is 0.706. The number of nitrogens with zero attached hydrogens (tertiary/aromatic N) is 3. The van der Waals surface area contributed by atoms with Crippen molar-refractivity contribution in [2.75, 3.05) is 19.7 Å². The van der Waals surface area contributed by atoms with E-state index in [1.807, 2.05) is 4.90 Å². The minimum atomic E-state index is -0.239. The highest BCUT2D eigenvalue weighted by molar-refractivity contribution is 5.77. The summed E-state index contributed by atoms with van der Waals surface area (Å²) in [4.78, 5) is 22.6. The van der Waals surface area contributed by atoms with Crippen molar-refractivity contribution in [1.29, 1.82) is 0 Å². The third-order valence-electron chi connectivity index (χ3n) is 5.04. The van der Waals surface area contributed by atoms with Crippen LogP contribution in [0.5, 0.6) is 6.01 Å². The fourth-order valence-electron chi connectivity index (χ4n) is 3.67. The number of carbonyl (C=O) groups excluding carboxylic acids is 1. The molecule has 0 aromatic carbocycles. The molecule has 2 unspecified atom stereocenters. The van der Waals surface area contributed by atoms with Gasteiger partial charge in [0.25, 0.3) is 0 Å². The molecule has 1 aromatic rings. The van der Waals surface area contributed by atoms with E-state index < -0.39 is 0 Å². The zero-order valence-corrected chi connectivity index (χ0v) is 13.3. The van der Waals surface area contributed by atoms with Gasteiger partial charge in [0, 0.05) is 38.3 Å². The van der Waals surface area contributed by atoms with Gasteiger partial charge in [0.1, 0.15) is 6.10 Å². The number of carbonyl (C=O) groups is 1. The maximum absolute atomic E-state index is 12.4. The molecule has 3 aliphatic rings. The molecule has 3 fully saturated rings. The minimum absolute atomic E-state index is 0.0316. The molecule has 4 rings (SSSR count). The number of likely N-dealkylation sites (tertiary alicyclic amines) is 1. The molecule has 1 amide bonds. The minimum Gasteiger partial charge on any atom is -0.458 e. The van der Waals surface area contributed by atoms with Gasteiger partial charge in [-0.15, -0.1) is 0 Å². The van der Waals surface area contributed by atoms with Gasteiger partial charge in [0.2, 0.25) is 5.91 Å². The van der Waals surface area contributed by atoms with Crippen molar-refractivity contribution in [2.24, 2.45) is 5.92 Å². The summed E-state index contributed by atoms with van der Waals surface area (Å²) in [5.74, 6) is 0.933. The second-order valence-electron chi connectivity index (χ2n) is 7.04. The lowest BCUT2D eigenvalue weighted by Gasteiger charge is -2.39. The molecule has 0 bridgehead atoms. The molecule has 0 N–H and O–H groups in total. The van der Waals surface area contributed by atoms with Gasteiger partial charge in [-0.3, -0.25) is 4.79 Å². The van der Waals surface area contributed by atoms with Gasteiger partial charge >= 0.3 is 6.01 Å². The number of hydrogen-bond acceptors (Lipinski definition) is 5. The molecule has 124 valence electrons. The fourth-order valence-corrected chi connectivity index (χ4v) is 3.67. The second kappa shape index (κ2) is 6.07. The molecule has 2 atom stereocenters. The zero-order valence-electron chi connectivity index (χ0n) is 13.3. The molecule has 6 heteroatoms. The third kappa shape index (κ3) is 3.47. The predicted molar refractivity (Wildman–Crippen MR) is 82.9 cm³/mol. The van der Waals surface area contributed by atoms with Crippen LogP contribution in [0.3, 0.4) is 0 Å². The van der Waals surface area contributed by atoms with Gasteiger partial charge in [0.15, 0.2) is 0 Å². The average Bonchev–Trinajstić information content (AvgIpc) is 3.31. The van der Waals surface area contributed by atoms with E-state index in [4.69, 9.17) is 9.47 Å². The van der Waals surface area contributed by atoms with E-state index in [-0.39, 0.29) is 11.7 Å². The van der Waals surface area contributed by atoms with Crippen LogP contribution in [0.4, 0.5) is 0 Å². The van der Waals surface area contributed by atoms with Crippen molar-refractivity contribution in [1.82, 2.24) is 14.9 Å². The van der Waals surface area contributed by atoms with E-state index in [0.29, 0.717) is 37.4 Å². The van der Waals surface area contributed by atoms with Gasteiger partial charge < -0.3 is 14.4 Å². The van der Waals surface area contributed by atoms with Gasteiger partial charge in [-0.05, 0) is 37.7 Å². The van der Waals surface area contributed by atoms with Crippen LogP contribution in [0.2, 0.25) is 0 Å². The van der Waals surface area contributed by atoms with Crippen LogP contribution >= 0.6 is 0 Å². The van der Waals surface area contributed by atoms with Crippen LogP contribution in [0.15, 0.2) is 18.5 Å². The lowest BCUT2D eigenvalue weighted by molar-refractivity contribution is -0.139. The van der Waals surface area contributed by atoms with Gasteiger partial charge in [-0.25, -0.2) is 9.97 Å². The molecule has 2 saturated heterocycles. The Labute approximate surface area is 136 Å². The quantitative estimate of drug-likeness (QED) is 0.847. The molecular weight excluding hydrogens is 294 g/mol.